The summed E-state index contributed by atoms with van der Waals surface area (Å²) in [5.41, 5.74) is 1.94. The average Bonchev–Trinajstić information content (AvgIpc) is 2.56. The summed E-state index contributed by atoms with van der Waals surface area (Å²) in [7, 11) is 1.93. The van der Waals surface area contributed by atoms with Crippen LogP contribution < -0.4 is 0 Å². The Morgan fingerprint density at radius 3 is 2.47 bits per heavy atom. The lowest BCUT2D eigenvalue weighted by atomic mass is 10.1. The van der Waals surface area contributed by atoms with Crippen molar-refractivity contribution in [3.05, 3.63) is 17.7 Å². The molecule has 0 N–H and O–H groups in total. The Morgan fingerprint density at radius 1 is 1.53 bits per heavy atom. The van der Waals surface area contributed by atoms with Crippen LogP contribution in [0.25, 0.3) is 0 Å². The largest absolute Gasteiger partial charge is 0.335 e. The van der Waals surface area contributed by atoms with E-state index in [1.807, 2.05) is 18.5 Å². The zero-order valence-corrected chi connectivity index (χ0v) is 9.86. The van der Waals surface area contributed by atoms with Gasteiger partial charge in [0.1, 0.15) is 6.04 Å². The number of hydrogen-bond donors (Lipinski definition) is 0. The van der Waals surface area contributed by atoms with Crippen molar-refractivity contribution in [2.45, 2.75) is 26.8 Å². The molecule has 1 rings (SSSR count). The summed E-state index contributed by atoms with van der Waals surface area (Å²) in [6.45, 7) is 7.83. The van der Waals surface area contributed by atoms with Crippen LogP contribution in [0, 0.1) is 18.3 Å². The molecular formula is C11H18N4. The van der Waals surface area contributed by atoms with Gasteiger partial charge in [0.15, 0.2) is 0 Å². The molecule has 0 spiro atoms. The first-order chi connectivity index (χ1) is 7.15. The van der Waals surface area contributed by atoms with E-state index in [4.69, 9.17) is 0 Å². The molecule has 0 aliphatic carbocycles. The van der Waals surface area contributed by atoms with Gasteiger partial charge in [0, 0.05) is 7.05 Å². The van der Waals surface area contributed by atoms with Crippen molar-refractivity contribution in [1.29, 1.82) is 5.26 Å². The van der Waals surface area contributed by atoms with E-state index in [2.05, 4.69) is 29.8 Å². The third-order valence-corrected chi connectivity index (χ3v) is 2.73. The van der Waals surface area contributed by atoms with E-state index in [1.54, 1.807) is 6.33 Å². The Kier molecular flexibility index (Phi) is 3.87. The first-order valence-corrected chi connectivity index (χ1v) is 5.27. The van der Waals surface area contributed by atoms with Gasteiger partial charge in [-0.1, -0.05) is 13.8 Å². The molecule has 1 aromatic rings. The predicted octanol–water partition coefficient (Wildman–Crippen LogP) is 1.64. The monoisotopic (exact) mass is 206 g/mol. The van der Waals surface area contributed by atoms with E-state index in [-0.39, 0.29) is 6.04 Å². The van der Waals surface area contributed by atoms with E-state index in [0.29, 0.717) is 0 Å². The first kappa shape index (κ1) is 11.7. The molecule has 1 heterocycles. The van der Waals surface area contributed by atoms with Crippen LogP contribution in [0.5, 0.6) is 0 Å². The minimum atomic E-state index is -0.188. The molecule has 0 bridgehead atoms. The van der Waals surface area contributed by atoms with E-state index < -0.39 is 0 Å². The van der Waals surface area contributed by atoms with Gasteiger partial charge < -0.3 is 4.57 Å². The summed E-state index contributed by atoms with van der Waals surface area (Å²) in [5.74, 6) is 0. The van der Waals surface area contributed by atoms with Crippen LogP contribution in [-0.4, -0.2) is 27.5 Å². The molecule has 0 saturated carbocycles. The molecule has 0 aliphatic heterocycles. The maximum absolute atomic E-state index is 9.25. The Morgan fingerprint density at radius 2 is 2.13 bits per heavy atom. The van der Waals surface area contributed by atoms with Crippen LogP contribution in [0.2, 0.25) is 0 Å². The quantitative estimate of drug-likeness (QED) is 0.752. The van der Waals surface area contributed by atoms with Gasteiger partial charge >= 0.3 is 0 Å². The highest BCUT2D eigenvalue weighted by atomic mass is 15.2. The summed E-state index contributed by atoms with van der Waals surface area (Å²) in [6, 6.07) is 2.17. The van der Waals surface area contributed by atoms with Crippen LogP contribution in [0.1, 0.15) is 31.3 Å². The van der Waals surface area contributed by atoms with Gasteiger partial charge in [0.05, 0.1) is 23.8 Å². The Labute approximate surface area is 91.1 Å². The maximum Gasteiger partial charge on any atom is 0.140 e. The number of aromatic nitrogens is 2. The molecule has 4 nitrogen and oxygen atoms in total. The van der Waals surface area contributed by atoms with Crippen molar-refractivity contribution in [3.63, 3.8) is 0 Å². The number of imidazole rings is 1. The van der Waals surface area contributed by atoms with Gasteiger partial charge in [-0.15, -0.1) is 0 Å². The second-order valence-electron chi connectivity index (χ2n) is 3.58. The lowest BCUT2D eigenvalue weighted by Crippen LogP contribution is -2.29. The lowest BCUT2D eigenvalue weighted by Gasteiger charge is -2.24. The SMILES string of the molecule is CCN(CC)C(C#N)c1c(C)ncn1C. The normalized spacial score (nSPS) is 12.8. The van der Waals surface area contributed by atoms with Crippen LogP contribution >= 0.6 is 0 Å². The molecule has 15 heavy (non-hydrogen) atoms. The Hall–Kier alpha value is -1.34. The maximum atomic E-state index is 9.25. The number of aryl methyl sites for hydroxylation is 2. The number of nitriles is 1. The van der Waals surface area contributed by atoms with E-state index >= 15 is 0 Å². The van der Waals surface area contributed by atoms with Crippen LogP contribution in [0.4, 0.5) is 0 Å². The summed E-state index contributed by atoms with van der Waals surface area (Å²) in [4.78, 5) is 6.35. The predicted molar refractivity (Wildman–Crippen MR) is 59.2 cm³/mol. The Balaban J connectivity index is 3.08. The highest BCUT2D eigenvalue weighted by molar-refractivity contribution is 5.21. The minimum absolute atomic E-state index is 0.188. The second kappa shape index (κ2) is 4.94. The molecule has 0 amide bonds. The number of nitrogens with zero attached hydrogens (tertiary/aromatic N) is 4. The first-order valence-electron chi connectivity index (χ1n) is 5.27. The molecule has 0 aromatic carbocycles. The van der Waals surface area contributed by atoms with Crippen molar-refractivity contribution < 1.29 is 0 Å². The van der Waals surface area contributed by atoms with Gasteiger partial charge in [-0.05, 0) is 20.0 Å². The molecule has 82 valence electrons. The summed E-state index contributed by atoms with van der Waals surface area (Å²) < 4.78 is 1.93. The molecule has 0 aliphatic rings. The third-order valence-electron chi connectivity index (χ3n) is 2.73. The van der Waals surface area contributed by atoms with E-state index in [1.165, 1.54) is 0 Å². The fraction of sp³-hybridized carbons (Fsp3) is 0.636. The van der Waals surface area contributed by atoms with E-state index in [0.717, 1.165) is 24.5 Å². The van der Waals surface area contributed by atoms with Gasteiger partial charge in [0.25, 0.3) is 0 Å². The molecule has 0 radical (unpaired) electrons. The van der Waals surface area contributed by atoms with Crippen molar-refractivity contribution >= 4 is 0 Å². The minimum Gasteiger partial charge on any atom is -0.335 e. The molecular weight excluding hydrogens is 188 g/mol. The highest BCUT2D eigenvalue weighted by Crippen LogP contribution is 2.21. The van der Waals surface area contributed by atoms with Crippen LogP contribution in [0.3, 0.4) is 0 Å². The number of hydrogen-bond acceptors (Lipinski definition) is 3. The van der Waals surface area contributed by atoms with Gasteiger partial charge in [0.2, 0.25) is 0 Å². The fourth-order valence-corrected chi connectivity index (χ4v) is 1.85. The van der Waals surface area contributed by atoms with E-state index in [9.17, 15) is 5.26 Å². The van der Waals surface area contributed by atoms with Crippen molar-refractivity contribution in [2.75, 3.05) is 13.1 Å². The van der Waals surface area contributed by atoms with Crippen molar-refractivity contribution in [2.24, 2.45) is 7.05 Å². The molecule has 1 atom stereocenters. The van der Waals surface area contributed by atoms with Gasteiger partial charge in [-0.25, -0.2) is 4.98 Å². The standard InChI is InChI=1S/C11H18N4/c1-5-15(6-2)10(7-12)11-9(3)13-8-14(11)4/h8,10H,5-6H2,1-4H3. The molecule has 0 fully saturated rings. The summed E-state index contributed by atoms with van der Waals surface area (Å²) in [6.07, 6.45) is 1.76. The average molecular weight is 206 g/mol. The summed E-state index contributed by atoms with van der Waals surface area (Å²) in [5, 5.41) is 9.25. The molecule has 4 heteroatoms. The summed E-state index contributed by atoms with van der Waals surface area (Å²) >= 11 is 0. The van der Waals surface area contributed by atoms with Crippen molar-refractivity contribution in [3.8, 4) is 6.07 Å². The van der Waals surface area contributed by atoms with Gasteiger partial charge in [-0.3, -0.25) is 4.90 Å². The Bertz CT molecular complexity index is 338. The highest BCUT2D eigenvalue weighted by Gasteiger charge is 2.22. The third kappa shape index (κ3) is 2.18. The fourth-order valence-electron chi connectivity index (χ4n) is 1.85. The zero-order chi connectivity index (χ0) is 11.4. The smallest absolute Gasteiger partial charge is 0.140 e. The molecule has 1 aromatic heterocycles. The molecule has 0 saturated heterocycles. The second-order valence-corrected chi connectivity index (χ2v) is 3.58. The lowest BCUT2D eigenvalue weighted by molar-refractivity contribution is 0.254. The zero-order valence-electron chi connectivity index (χ0n) is 9.86. The van der Waals surface area contributed by atoms with Gasteiger partial charge in [-0.2, -0.15) is 5.26 Å². The van der Waals surface area contributed by atoms with Crippen LogP contribution in [0.15, 0.2) is 6.33 Å². The van der Waals surface area contributed by atoms with Crippen molar-refractivity contribution in [1.82, 2.24) is 14.5 Å². The number of rotatable bonds is 4. The molecule has 1 unspecified atom stereocenters. The van der Waals surface area contributed by atoms with Crippen LogP contribution in [-0.2, 0) is 7.05 Å². The topological polar surface area (TPSA) is 44.9 Å².